The number of ketones is 1. The Labute approximate surface area is 371 Å². The molecular formula is C45H63F2N3O14. The molecule has 0 radical (unpaired) electrons. The number of anilines is 1. The molecule has 3 aromatic carbocycles. The van der Waals surface area contributed by atoms with Gasteiger partial charge in [0, 0.05) is 18.8 Å². The van der Waals surface area contributed by atoms with E-state index in [1.807, 2.05) is 38.1 Å². The zero-order valence-electron chi connectivity index (χ0n) is 36.4. The molecule has 3 amide bonds. The van der Waals surface area contributed by atoms with Gasteiger partial charge in [0.25, 0.3) is 0 Å². The van der Waals surface area contributed by atoms with Crippen LogP contribution >= 0.6 is 0 Å². The maximum atomic E-state index is 13.5. The quantitative estimate of drug-likeness (QED) is 0.0397. The fraction of sp³-hybridized carbons (Fsp3) is 0.511. The number of hydrogen-bond donors (Lipinski definition) is 8. The molecule has 19 heteroatoms. The first-order chi connectivity index (χ1) is 30.7. The van der Waals surface area contributed by atoms with E-state index in [-0.39, 0.29) is 88.9 Å². The van der Waals surface area contributed by atoms with Crippen molar-refractivity contribution in [3.8, 4) is 0 Å². The van der Waals surface area contributed by atoms with Gasteiger partial charge in [0.15, 0.2) is 5.78 Å². The molecule has 356 valence electrons. The van der Waals surface area contributed by atoms with E-state index in [0.717, 1.165) is 11.1 Å². The van der Waals surface area contributed by atoms with Crippen molar-refractivity contribution in [1.29, 1.82) is 0 Å². The van der Waals surface area contributed by atoms with Crippen molar-refractivity contribution in [2.45, 2.75) is 76.7 Å². The van der Waals surface area contributed by atoms with Crippen LogP contribution in [0.2, 0.25) is 0 Å². The van der Waals surface area contributed by atoms with Crippen LogP contribution in [-0.2, 0) is 44.7 Å². The van der Waals surface area contributed by atoms with E-state index in [2.05, 4.69) is 10.6 Å². The van der Waals surface area contributed by atoms with Gasteiger partial charge in [0.05, 0.1) is 57.7 Å². The number of amides is 3. The van der Waals surface area contributed by atoms with Crippen LogP contribution in [0.3, 0.4) is 0 Å². The van der Waals surface area contributed by atoms with Crippen molar-refractivity contribution in [1.82, 2.24) is 10.6 Å². The summed E-state index contributed by atoms with van der Waals surface area (Å²) in [4.78, 5) is 50.7. The maximum Gasteiger partial charge on any atom is 0.246 e. The Hall–Kier alpha value is -4.80. The van der Waals surface area contributed by atoms with E-state index in [0.29, 0.717) is 18.5 Å². The second-order valence-corrected chi connectivity index (χ2v) is 14.2. The van der Waals surface area contributed by atoms with Crippen molar-refractivity contribution in [3.63, 3.8) is 0 Å². The summed E-state index contributed by atoms with van der Waals surface area (Å²) in [7, 11) is 0. The molecule has 1 aliphatic heterocycles. The third-order valence-electron chi connectivity index (χ3n) is 9.37. The van der Waals surface area contributed by atoms with Crippen LogP contribution in [0.5, 0.6) is 0 Å². The Bertz CT molecular complexity index is 1780. The molecule has 0 aromatic heterocycles. The van der Waals surface area contributed by atoms with Gasteiger partial charge in [-0.1, -0.05) is 56.3 Å². The second kappa shape index (κ2) is 31.1. The molecule has 1 aliphatic rings. The lowest BCUT2D eigenvalue weighted by Gasteiger charge is -2.48. The number of carbonyl (C=O) groups is 4. The molecule has 1 heterocycles. The van der Waals surface area contributed by atoms with Crippen LogP contribution in [0, 0.1) is 17.6 Å². The van der Waals surface area contributed by atoms with E-state index in [1.54, 1.807) is 42.2 Å². The van der Waals surface area contributed by atoms with Crippen molar-refractivity contribution < 1.29 is 77.5 Å². The monoisotopic (exact) mass is 907 g/mol. The Balaban J connectivity index is 0.00000140. The lowest BCUT2D eigenvalue weighted by atomic mass is 9.78. The lowest BCUT2D eigenvalue weighted by Crippen LogP contribution is -2.55. The van der Waals surface area contributed by atoms with E-state index in [1.165, 1.54) is 24.3 Å². The number of aliphatic hydroxyl groups is 6. The summed E-state index contributed by atoms with van der Waals surface area (Å²) in [6.45, 7) is 4.43. The predicted octanol–water partition coefficient (Wildman–Crippen LogP) is 1.35. The fourth-order valence-corrected chi connectivity index (χ4v) is 5.97. The van der Waals surface area contributed by atoms with Gasteiger partial charge in [-0.2, -0.15) is 0 Å². The number of Topliss-reactive ketones (excluding diaryl/α,β-unsaturated/α-hetero) is 1. The van der Waals surface area contributed by atoms with E-state index in [4.69, 9.17) is 24.1 Å². The minimum atomic E-state index is -2.03. The summed E-state index contributed by atoms with van der Waals surface area (Å²) >= 11 is 0. The first-order valence-electron chi connectivity index (χ1n) is 21.0. The van der Waals surface area contributed by atoms with Gasteiger partial charge in [0.1, 0.15) is 55.9 Å². The topological polar surface area (TPSA) is 254 Å². The second-order valence-electron chi connectivity index (χ2n) is 14.2. The summed E-state index contributed by atoms with van der Waals surface area (Å²) in [5.41, 5.74) is 2.30. The van der Waals surface area contributed by atoms with E-state index >= 15 is 0 Å². The number of ether oxygens (including phenoxy) is 4. The molecule has 8 N–H and O–H groups in total. The maximum absolute atomic E-state index is 13.5. The van der Waals surface area contributed by atoms with Gasteiger partial charge in [-0.15, -0.1) is 0 Å². The molecule has 3 aromatic rings. The average molecular weight is 908 g/mol. The van der Waals surface area contributed by atoms with Crippen molar-refractivity contribution >= 4 is 29.2 Å². The highest BCUT2D eigenvalue weighted by Gasteiger charge is 2.48. The Morgan fingerprint density at radius 3 is 1.80 bits per heavy atom. The number of aliphatic hydroxyl groups excluding tert-OH is 6. The highest BCUT2D eigenvalue weighted by atomic mass is 19.1. The molecule has 1 saturated heterocycles. The predicted molar refractivity (Wildman–Crippen MR) is 229 cm³/mol. The van der Waals surface area contributed by atoms with E-state index in [9.17, 15) is 53.5 Å². The Morgan fingerprint density at radius 2 is 1.25 bits per heavy atom. The number of benzene rings is 3. The van der Waals surface area contributed by atoms with Gasteiger partial charge < -0.3 is 65.1 Å². The highest BCUT2D eigenvalue weighted by Crippen LogP contribution is 2.45. The van der Waals surface area contributed by atoms with Gasteiger partial charge in [-0.25, -0.2) is 8.78 Å². The average Bonchev–Trinajstić information content (AvgIpc) is 3.30. The van der Waals surface area contributed by atoms with Crippen LogP contribution in [0.1, 0.15) is 50.8 Å². The third-order valence-corrected chi connectivity index (χ3v) is 9.37. The number of carbonyl (C=O) groups excluding carboxylic acids is 4. The molecule has 17 nitrogen and oxygen atoms in total. The van der Waals surface area contributed by atoms with Gasteiger partial charge >= 0.3 is 0 Å². The number of nitrogens with zero attached hydrogens (tertiary/aromatic N) is 1. The molecule has 4 rings (SSSR count). The molecule has 64 heavy (non-hydrogen) atoms. The summed E-state index contributed by atoms with van der Waals surface area (Å²) in [6.07, 6.45) is -7.24. The van der Waals surface area contributed by atoms with Crippen molar-refractivity contribution in [2.24, 2.45) is 5.92 Å². The molecular weight excluding hydrogens is 844 g/mol. The minimum absolute atomic E-state index is 0.0454. The molecule has 0 bridgehead atoms. The number of β-lactam (4-membered cyclic amide) rings is 1. The largest absolute Gasteiger partial charge is 0.394 e. The molecule has 7 unspecified atom stereocenters. The normalized spacial score (nSPS) is 16.7. The SMILES string of the molecule is CC.CC(O)CCC1C(=O)N(c2ccc(F)cc2)C1c1ccc(CNC(=O)COCCOCC(=O)NCCOCCOCC(=O)C(O)C(O)C(O)C(O)CO)cc1.Fc1ccccc1. The first-order valence-corrected chi connectivity index (χ1v) is 21.0. The zero-order chi connectivity index (χ0) is 47.4. The van der Waals surface area contributed by atoms with Crippen LogP contribution in [0.4, 0.5) is 14.5 Å². The molecule has 1 fully saturated rings. The summed E-state index contributed by atoms with van der Waals surface area (Å²) in [5, 5.41) is 62.2. The van der Waals surface area contributed by atoms with E-state index < -0.39 is 61.2 Å². The Morgan fingerprint density at radius 1 is 0.703 bits per heavy atom. The Kier molecular flexibility index (Phi) is 26.9. The molecule has 7 atom stereocenters. The zero-order valence-corrected chi connectivity index (χ0v) is 36.4. The minimum Gasteiger partial charge on any atom is -0.394 e. The van der Waals surface area contributed by atoms with Gasteiger partial charge in [-0.3, -0.25) is 19.2 Å². The van der Waals surface area contributed by atoms with Crippen molar-refractivity contribution in [2.75, 3.05) is 70.9 Å². The van der Waals surface area contributed by atoms with Gasteiger partial charge in [0.2, 0.25) is 17.7 Å². The third kappa shape index (κ3) is 19.9. The lowest BCUT2D eigenvalue weighted by molar-refractivity contribution is -0.151. The molecule has 0 aliphatic carbocycles. The first kappa shape index (κ1) is 55.3. The van der Waals surface area contributed by atoms with Crippen LogP contribution in [0.15, 0.2) is 78.9 Å². The summed E-state index contributed by atoms with van der Waals surface area (Å²) < 4.78 is 46.3. The number of halogens is 2. The number of hydrogen-bond acceptors (Lipinski definition) is 14. The molecule has 0 spiro atoms. The van der Waals surface area contributed by atoms with Crippen molar-refractivity contribution in [3.05, 3.63) is 102 Å². The summed E-state index contributed by atoms with van der Waals surface area (Å²) in [5.74, 6) is -2.68. The van der Waals surface area contributed by atoms with Crippen LogP contribution < -0.4 is 15.5 Å². The number of rotatable bonds is 27. The highest BCUT2D eigenvalue weighted by molar-refractivity contribution is 6.03. The fourth-order valence-electron chi connectivity index (χ4n) is 5.97. The van der Waals surface area contributed by atoms with Crippen LogP contribution in [0.25, 0.3) is 0 Å². The molecule has 0 saturated carbocycles. The smallest absolute Gasteiger partial charge is 0.246 e. The van der Waals surface area contributed by atoms with Crippen LogP contribution in [-0.4, -0.2) is 151 Å². The number of nitrogens with one attached hydrogen (secondary N) is 2. The van der Waals surface area contributed by atoms with Gasteiger partial charge in [-0.05, 0) is 67.3 Å². The standard InChI is InChI=1S/C37H52FN3O14.C6H5F.C2H6/c1-23(43)2-11-28-33(41(37(28)51)27-9-7-26(38)8-10-27)25-5-3-24(4-6-25)18-40-32(47)22-55-17-16-54-21-31(46)39-12-13-52-14-15-53-20-30(45)35(49)36(50)34(48)29(44)19-42;7-6-4-2-1-3-5-6;1-2/h3-10,23,28-29,33-36,42-44,48-50H,2,11-22H2,1H3,(H,39,46)(H,40,47);1-5H;1-2H3. The summed E-state index contributed by atoms with van der Waals surface area (Å²) in [6, 6.07) is 20.9.